The van der Waals surface area contributed by atoms with Gasteiger partial charge in [-0.25, -0.2) is 0 Å². The molecule has 4 heteroatoms. The predicted octanol–water partition coefficient (Wildman–Crippen LogP) is 0.901. The smallest absolute Gasteiger partial charge is 0.198 e. The van der Waals surface area contributed by atoms with Crippen LogP contribution in [0.1, 0.15) is 5.56 Å². The Kier molecular flexibility index (Phi) is 3.41. The van der Waals surface area contributed by atoms with Crippen LogP contribution in [0.3, 0.4) is 0 Å². The van der Waals surface area contributed by atoms with Gasteiger partial charge in [0.1, 0.15) is 0 Å². The van der Waals surface area contributed by atoms with Gasteiger partial charge in [0, 0.05) is 19.3 Å². The van der Waals surface area contributed by atoms with E-state index < -0.39 is 0 Å². The number of para-hydroxylation sites is 1. The maximum absolute atomic E-state index is 5.60. The third kappa shape index (κ3) is 2.33. The average molecular weight is 218 g/mol. The summed E-state index contributed by atoms with van der Waals surface area (Å²) in [6.45, 7) is 2.53. The zero-order valence-corrected chi connectivity index (χ0v) is 9.61. The Labute approximate surface area is 96.2 Å². The van der Waals surface area contributed by atoms with E-state index >= 15 is 0 Å². The molecule has 1 aliphatic heterocycles. The number of hydrogen-bond acceptors (Lipinski definition) is 4. The minimum atomic E-state index is 0.668. The summed E-state index contributed by atoms with van der Waals surface area (Å²) in [6.07, 6.45) is 0.889. The molecule has 4 nitrogen and oxygen atoms in total. The van der Waals surface area contributed by atoms with Gasteiger partial charge in [-0.3, -0.25) is 4.99 Å². The molecule has 0 aliphatic carbocycles. The largest absolute Gasteiger partial charge is 0.344 e. The van der Waals surface area contributed by atoms with Gasteiger partial charge in [-0.15, -0.1) is 0 Å². The van der Waals surface area contributed by atoms with Gasteiger partial charge >= 0.3 is 0 Å². The fourth-order valence-corrected chi connectivity index (χ4v) is 1.80. The van der Waals surface area contributed by atoms with Crippen molar-refractivity contribution in [1.29, 1.82) is 0 Å². The summed E-state index contributed by atoms with van der Waals surface area (Å²) in [5, 5.41) is 3.36. The highest BCUT2D eigenvalue weighted by Crippen LogP contribution is 2.16. The molecule has 3 N–H and O–H groups in total. The van der Waals surface area contributed by atoms with Crippen LogP contribution in [0.2, 0.25) is 0 Å². The molecule has 86 valence electrons. The van der Waals surface area contributed by atoms with Crippen LogP contribution in [0.5, 0.6) is 0 Å². The third-order valence-corrected chi connectivity index (χ3v) is 2.74. The first-order chi connectivity index (χ1) is 7.81. The molecule has 0 unspecified atom stereocenters. The van der Waals surface area contributed by atoms with Gasteiger partial charge in [0.05, 0.1) is 6.54 Å². The number of guanidine groups is 1. The third-order valence-electron chi connectivity index (χ3n) is 2.74. The normalized spacial score (nSPS) is 15.1. The van der Waals surface area contributed by atoms with E-state index in [1.54, 1.807) is 0 Å². The lowest BCUT2D eigenvalue weighted by Crippen LogP contribution is -2.29. The van der Waals surface area contributed by atoms with Crippen LogP contribution in [0.15, 0.2) is 29.3 Å². The molecular formula is C12H18N4. The lowest BCUT2D eigenvalue weighted by Gasteiger charge is -2.17. The Bertz CT molecular complexity index is 386. The van der Waals surface area contributed by atoms with Crippen molar-refractivity contribution in [1.82, 2.24) is 4.90 Å². The van der Waals surface area contributed by atoms with Crippen molar-refractivity contribution in [3.8, 4) is 0 Å². The summed E-state index contributed by atoms with van der Waals surface area (Å²) >= 11 is 0. The van der Waals surface area contributed by atoms with Crippen molar-refractivity contribution in [3.63, 3.8) is 0 Å². The van der Waals surface area contributed by atoms with Crippen molar-refractivity contribution < 1.29 is 0 Å². The summed E-state index contributed by atoms with van der Waals surface area (Å²) < 4.78 is 0. The fourth-order valence-electron chi connectivity index (χ4n) is 1.80. The van der Waals surface area contributed by atoms with E-state index in [9.17, 15) is 0 Å². The van der Waals surface area contributed by atoms with Crippen molar-refractivity contribution in [2.45, 2.75) is 6.42 Å². The number of hydrogen-bond donors (Lipinski definition) is 2. The molecule has 1 aliphatic rings. The van der Waals surface area contributed by atoms with E-state index in [4.69, 9.17) is 5.73 Å². The Morgan fingerprint density at radius 1 is 1.44 bits per heavy atom. The predicted molar refractivity (Wildman–Crippen MR) is 67.8 cm³/mol. The van der Waals surface area contributed by atoms with Gasteiger partial charge in [-0.2, -0.15) is 0 Å². The summed E-state index contributed by atoms with van der Waals surface area (Å²) in [5.41, 5.74) is 7.95. The molecule has 1 aromatic rings. The van der Waals surface area contributed by atoms with Gasteiger partial charge in [0.25, 0.3) is 0 Å². The zero-order valence-electron chi connectivity index (χ0n) is 9.61. The standard InChI is InChI=1S/C12H18N4/c1-16-9-8-14-12(16)15-11-5-3-2-4-10(11)6-7-13/h2-5H,6-9,13H2,1H3,(H,14,15). The quantitative estimate of drug-likeness (QED) is 0.792. The monoisotopic (exact) mass is 218 g/mol. The SMILES string of the molecule is CN1CCN=C1Nc1ccccc1CCN. The van der Waals surface area contributed by atoms with Crippen molar-refractivity contribution in [3.05, 3.63) is 29.8 Å². The van der Waals surface area contributed by atoms with Crippen molar-refractivity contribution >= 4 is 11.6 Å². The Hall–Kier alpha value is -1.55. The molecule has 0 saturated heterocycles. The number of nitrogens with two attached hydrogens (primary N) is 1. The molecule has 0 radical (unpaired) electrons. The van der Waals surface area contributed by atoms with Gasteiger partial charge < -0.3 is 16.0 Å². The zero-order chi connectivity index (χ0) is 11.4. The molecule has 0 bridgehead atoms. The highest BCUT2D eigenvalue weighted by atomic mass is 15.3. The number of likely N-dealkylation sites (N-methyl/N-ethyl adjacent to an activating group) is 1. The second-order valence-electron chi connectivity index (χ2n) is 3.95. The number of aliphatic imine (C=N–C) groups is 1. The highest BCUT2D eigenvalue weighted by Gasteiger charge is 2.13. The number of rotatable bonds is 3. The highest BCUT2D eigenvalue weighted by molar-refractivity contribution is 5.95. The summed E-state index contributed by atoms with van der Waals surface area (Å²) in [6, 6.07) is 8.23. The average Bonchev–Trinajstić information content (AvgIpc) is 2.68. The first-order valence-corrected chi connectivity index (χ1v) is 5.62. The van der Waals surface area contributed by atoms with Crippen LogP contribution in [0.25, 0.3) is 0 Å². The van der Waals surface area contributed by atoms with Gasteiger partial charge in [0.15, 0.2) is 5.96 Å². The second kappa shape index (κ2) is 4.99. The Balaban J connectivity index is 2.14. The van der Waals surface area contributed by atoms with E-state index in [0.717, 1.165) is 31.2 Å². The van der Waals surface area contributed by atoms with E-state index in [2.05, 4.69) is 27.3 Å². The van der Waals surface area contributed by atoms with Crippen LogP contribution in [-0.4, -0.2) is 37.5 Å². The van der Waals surface area contributed by atoms with Crippen molar-refractivity contribution in [2.75, 3.05) is 32.0 Å². The van der Waals surface area contributed by atoms with Crippen LogP contribution in [-0.2, 0) is 6.42 Å². The van der Waals surface area contributed by atoms with E-state index in [1.807, 2.05) is 19.2 Å². The molecule has 0 amide bonds. The molecule has 0 atom stereocenters. The number of nitrogens with zero attached hydrogens (tertiary/aromatic N) is 2. The van der Waals surface area contributed by atoms with Gasteiger partial charge in [-0.1, -0.05) is 18.2 Å². The topological polar surface area (TPSA) is 53.6 Å². The Morgan fingerprint density at radius 3 is 2.94 bits per heavy atom. The number of anilines is 1. The van der Waals surface area contributed by atoms with Crippen LogP contribution >= 0.6 is 0 Å². The van der Waals surface area contributed by atoms with Crippen LogP contribution < -0.4 is 11.1 Å². The lowest BCUT2D eigenvalue weighted by molar-refractivity contribution is 0.555. The summed E-state index contributed by atoms with van der Waals surface area (Å²) in [7, 11) is 2.05. The molecular weight excluding hydrogens is 200 g/mol. The molecule has 0 aromatic heterocycles. The molecule has 0 fully saturated rings. The lowest BCUT2D eigenvalue weighted by atomic mass is 10.1. The van der Waals surface area contributed by atoms with Crippen LogP contribution in [0.4, 0.5) is 5.69 Å². The minimum absolute atomic E-state index is 0.668. The molecule has 2 rings (SSSR count). The fraction of sp³-hybridized carbons (Fsp3) is 0.417. The van der Waals surface area contributed by atoms with Gasteiger partial charge in [-0.05, 0) is 24.6 Å². The molecule has 1 heterocycles. The maximum atomic E-state index is 5.60. The van der Waals surface area contributed by atoms with E-state index in [1.165, 1.54) is 5.56 Å². The second-order valence-corrected chi connectivity index (χ2v) is 3.95. The first-order valence-electron chi connectivity index (χ1n) is 5.62. The van der Waals surface area contributed by atoms with E-state index in [-0.39, 0.29) is 0 Å². The van der Waals surface area contributed by atoms with E-state index in [0.29, 0.717) is 6.54 Å². The first kappa shape index (κ1) is 11.0. The summed E-state index contributed by atoms with van der Waals surface area (Å²) in [4.78, 5) is 6.54. The Morgan fingerprint density at radius 2 is 2.25 bits per heavy atom. The van der Waals surface area contributed by atoms with Crippen LogP contribution in [0, 0.1) is 0 Å². The molecule has 1 aromatic carbocycles. The number of benzene rings is 1. The van der Waals surface area contributed by atoms with Gasteiger partial charge in [0.2, 0.25) is 0 Å². The number of nitrogens with one attached hydrogen (secondary N) is 1. The van der Waals surface area contributed by atoms with Crippen molar-refractivity contribution in [2.24, 2.45) is 10.7 Å². The molecule has 0 saturated carbocycles. The summed E-state index contributed by atoms with van der Waals surface area (Å²) in [5.74, 6) is 0.949. The molecule has 0 spiro atoms. The minimum Gasteiger partial charge on any atom is -0.344 e. The maximum Gasteiger partial charge on any atom is 0.198 e. The molecule has 16 heavy (non-hydrogen) atoms.